The van der Waals surface area contributed by atoms with Crippen LogP contribution in [0.3, 0.4) is 0 Å². The van der Waals surface area contributed by atoms with Crippen LogP contribution in [0.4, 0.5) is 0 Å². The van der Waals surface area contributed by atoms with Crippen LogP contribution >= 0.6 is 0 Å². The second-order valence-corrected chi connectivity index (χ2v) is 4.83. The fourth-order valence-electron chi connectivity index (χ4n) is 2.26. The summed E-state index contributed by atoms with van der Waals surface area (Å²) in [7, 11) is 1.39. The Kier molecular flexibility index (Phi) is 4.41. The van der Waals surface area contributed by atoms with Crippen LogP contribution in [-0.4, -0.2) is 19.0 Å². The van der Waals surface area contributed by atoms with E-state index in [1.54, 1.807) is 18.2 Å². The summed E-state index contributed by atoms with van der Waals surface area (Å²) in [5, 5.41) is 0. The van der Waals surface area contributed by atoms with Gasteiger partial charge in [0.1, 0.15) is 5.75 Å². The third kappa shape index (κ3) is 3.61. The number of rotatable bonds is 5. The fraction of sp³-hybridized carbons (Fsp3) is 0.375. The van der Waals surface area contributed by atoms with Gasteiger partial charge in [-0.15, -0.1) is 6.42 Å². The Balaban J connectivity index is 2.16. The highest BCUT2D eigenvalue weighted by atomic mass is 16.5. The zero-order valence-electron chi connectivity index (χ0n) is 11.3. The molecule has 0 aromatic heterocycles. The van der Waals surface area contributed by atoms with Crippen molar-refractivity contribution in [2.24, 2.45) is 5.92 Å². The molecule has 20 heavy (non-hydrogen) atoms. The highest BCUT2D eigenvalue weighted by Gasteiger charge is 2.34. The highest BCUT2D eigenvalue weighted by Crippen LogP contribution is 2.45. The van der Waals surface area contributed by atoms with Crippen LogP contribution < -0.4 is 4.74 Å². The second-order valence-electron chi connectivity index (χ2n) is 4.83. The van der Waals surface area contributed by atoms with Crippen molar-refractivity contribution in [3.05, 3.63) is 29.8 Å². The van der Waals surface area contributed by atoms with Gasteiger partial charge in [-0.25, -0.2) is 4.79 Å². The first-order valence-electron chi connectivity index (χ1n) is 6.49. The Morgan fingerprint density at radius 2 is 2.20 bits per heavy atom. The molecular formula is C16H16O4. The van der Waals surface area contributed by atoms with Gasteiger partial charge in [0, 0.05) is 5.92 Å². The van der Waals surface area contributed by atoms with E-state index in [1.165, 1.54) is 7.11 Å². The first-order chi connectivity index (χ1) is 9.63. The van der Waals surface area contributed by atoms with E-state index in [0.29, 0.717) is 18.1 Å². The van der Waals surface area contributed by atoms with E-state index in [9.17, 15) is 9.59 Å². The largest absolute Gasteiger partial charge is 0.469 e. The summed E-state index contributed by atoms with van der Waals surface area (Å²) < 4.78 is 9.74. The molecule has 2 rings (SSSR count). The van der Waals surface area contributed by atoms with Gasteiger partial charge in [0.25, 0.3) is 0 Å². The molecule has 0 unspecified atom stereocenters. The Labute approximate surface area is 118 Å². The number of ether oxygens (including phenoxy) is 2. The minimum atomic E-state index is -0.724. The number of hydrogen-bond acceptors (Lipinski definition) is 4. The van der Waals surface area contributed by atoms with Crippen molar-refractivity contribution in [3.63, 3.8) is 0 Å². The van der Waals surface area contributed by atoms with Crippen LogP contribution in [0.5, 0.6) is 5.75 Å². The maximum absolute atomic E-state index is 11.5. The quantitative estimate of drug-likeness (QED) is 0.357. The number of benzene rings is 1. The third-order valence-corrected chi connectivity index (χ3v) is 3.42. The van der Waals surface area contributed by atoms with Gasteiger partial charge in [0.05, 0.1) is 13.5 Å². The summed E-state index contributed by atoms with van der Waals surface area (Å²) in [5.74, 6) is 1.95. The Hall–Kier alpha value is -2.28. The molecule has 0 aliphatic heterocycles. The maximum Gasteiger partial charge on any atom is 0.389 e. The van der Waals surface area contributed by atoms with Gasteiger partial charge in [-0.05, 0) is 42.4 Å². The molecule has 1 aromatic rings. The standard InChI is InChI=1S/C16H16O4/c1-3-15(17)20-13-6-4-5-12(9-13)14(11-7-8-11)10-16(18)19-2/h1,4-6,9,11,14H,7-8,10H2,2H3/t14-/m0/s1. The topological polar surface area (TPSA) is 52.6 Å². The fourth-order valence-corrected chi connectivity index (χ4v) is 2.26. The predicted molar refractivity (Wildman–Crippen MR) is 73.0 cm³/mol. The molecule has 0 saturated heterocycles. The third-order valence-electron chi connectivity index (χ3n) is 3.42. The summed E-state index contributed by atoms with van der Waals surface area (Å²) >= 11 is 0. The van der Waals surface area contributed by atoms with Crippen molar-refractivity contribution in [3.8, 4) is 18.1 Å². The summed E-state index contributed by atoms with van der Waals surface area (Å²) in [6.45, 7) is 0. The molecule has 1 aromatic carbocycles. The number of methoxy groups -OCH3 is 1. The average Bonchev–Trinajstić information content (AvgIpc) is 3.29. The molecule has 1 atom stereocenters. The van der Waals surface area contributed by atoms with E-state index in [0.717, 1.165) is 18.4 Å². The second kappa shape index (κ2) is 6.25. The SMILES string of the molecule is C#CC(=O)Oc1cccc([C@@H](CC(=O)OC)C2CC2)c1. The minimum Gasteiger partial charge on any atom is -0.469 e. The number of terminal acetylenes is 1. The van der Waals surface area contributed by atoms with Crippen molar-refractivity contribution in [1.29, 1.82) is 0 Å². The van der Waals surface area contributed by atoms with E-state index >= 15 is 0 Å². The van der Waals surface area contributed by atoms with Crippen LogP contribution in [0, 0.1) is 18.3 Å². The van der Waals surface area contributed by atoms with Gasteiger partial charge in [-0.2, -0.15) is 0 Å². The van der Waals surface area contributed by atoms with Gasteiger partial charge in [0.15, 0.2) is 0 Å². The van der Waals surface area contributed by atoms with E-state index < -0.39 is 5.97 Å². The van der Waals surface area contributed by atoms with Crippen LogP contribution in [0.2, 0.25) is 0 Å². The average molecular weight is 272 g/mol. The van der Waals surface area contributed by atoms with Crippen LogP contribution in [0.1, 0.15) is 30.7 Å². The van der Waals surface area contributed by atoms with E-state index in [2.05, 4.69) is 0 Å². The van der Waals surface area contributed by atoms with E-state index in [4.69, 9.17) is 15.9 Å². The van der Waals surface area contributed by atoms with Crippen molar-refractivity contribution >= 4 is 11.9 Å². The number of esters is 2. The number of carbonyl (C=O) groups excluding carboxylic acids is 2. The van der Waals surface area contributed by atoms with Gasteiger partial charge < -0.3 is 9.47 Å². The Bertz CT molecular complexity index is 552. The molecule has 0 spiro atoms. The summed E-state index contributed by atoms with van der Waals surface area (Å²) in [4.78, 5) is 22.6. The molecule has 0 heterocycles. The van der Waals surface area contributed by atoms with Gasteiger partial charge in [-0.3, -0.25) is 4.79 Å². The molecule has 1 saturated carbocycles. The zero-order valence-corrected chi connectivity index (χ0v) is 11.3. The van der Waals surface area contributed by atoms with Crippen LogP contribution in [0.25, 0.3) is 0 Å². The molecular weight excluding hydrogens is 256 g/mol. The number of hydrogen-bond donors (Lipinski definition) is 0. The van der Waals surface area contributed by atoms with Gasteiger partial charge in [0.2, 0.25) is 0 Å². The molecule has 104 valence electrons. The van der Waals surface area contributed by atoms with Crippen molar-refractivity contribution in [1.82, 2.24) is 0 Å². The Morgan fingerprint density at radius 3 is 2.80 bits per heavy atom. The highest BCUT2D eigenvalue weighted by molar-refractivity contribution is 5.89. The lowest BCUT2D eigenvalue weighted by molar-refractivity contribution is -0.141. The first kappa shape index (κ1) is 14.1. The van der Waals surface area contributed by atoms with Gasteiger partial charge >= 0.3 is 11.9 Å². The maximum atomic E-state index is 11.5. The van der Waals surface area contributed by atoms with Gasteiger partial charge in [-0.1, -0.05) is 12.1 Å². The lowest BCUT2D eigenvalue weighted by atomic mass is 9.91. The zero-order chi connectivity index (χ0) is 14.5. The monoisotopic (exact) mass is 272 g/mol. The predicted octanol–water partition coefficient (Wildman–Crippen LogP) is 2.28. The molecule has 1 fully saturated rings. The number of carbonyl (C=O) groups is 2. The molecule has 0 radical (unpaired) electrons. The Morgan fingerprint density at radius 1 is 1.45 bits per heavy atom. The summed E-state index contributed by atoms with van der Waals surface area (Å²) in [5.41, 5.74) is 0.972. The molecule has 4 nitrogen and oxygen atoms in total. The summed E-state index contributed by atoms with van der Waals surface area (Å²) in [6, 6.07) is 7.16. The first-order valence-corrected chi connectivity index (χ1v) is 6.49. The minimum absolute atomic E-state index is 0.104. The van der Waals surface area contributed by atoms with E-state index in [1.807, 2.05) is 12.0 Å². The molecule has 0 bridgehead atoms. The van der Waals surface area contributed by atoms with Crippen molar-refractivity contribution < 1.29 is 19.1 Å². The lowest BCUT2D eigenvalue weighted by Gasteiger charge is -2.16. The van der Waals surface area contributed by atoms with E-state index in [-0.39, 0.29) is 11.9 Å². The summed E-state index contributed by atoms with van der Waals surface area (Å²) in [6.07, 6.45) is 7.53. The molecule has 4 heteroatoms. The normalized spacial score (nSPS) is 15.0. The molecule has 1 aliphatic carbocycles. The smallest absolute Gasteiger partial charge is 0.389 e. The molecule has 0 amide bonds. The molecule has 1 aliphatic rings. The lowest BCUT2D eigenvalue weighted by Crippen LogP contribution is -2.11. The molecule has 0 N–H and O–H groups in total. The van der Waals surface area contributed by atoms with Crippen LogP contribution in [-0.2, 0) is 14.3 Å². The van der Waals surface area contributed by atoms with Crippen molar-refractivity contribution in [2.75, 3.05) is 7.11 Å². The van der Waals surface area contributed by atoms with Crippen molar-refractivity contribution in [2.45, 2.75) is 25.2 Å². The van der Waals surface area contributed by atoms with Crippen LogP contribution in [0.15, 0.2) is 24.3 Å².